The SMILES string of the molecule is O=C1NCCCCC1Sc1nnc(N2CCOCC2)n1-c1ccccc1. The maximum absolute atomic E-state index is 12.4. The van der Waals surface area contributed by atoms with Gasteiger partial charge in [0.25, 0.3) is 0 Å². The summed E-state index contributed by atoms with van der Waals surface area (Å²) in [5.41, 5.74) is 1.01. The minimum Gasteiger partial charge on any atom is -0.378 e. The van der Waals surface area contributed by atoms with E-state index in [1.165, 1.54) is 11.8 Å². The molecule has 0 bridgehead atoms. The normalized spacial score (nSPS) is 21.3. The lowest BCUT2D eigenvalue weighted by molar-refractivity contribution is -0.120. The summed E-state index contributed by atoms with van der Waals surface area (Å²) >= 11 is 1.51. The van der Waals surface area contributed by atoms with Crippen LogP contribution in [0.5, 0.6) is 0 Å². The summed E-state index contributed by atoms with van der Waals surface area (Å²) in [5.74, 6) is 0.916. The number of para-hydroxylation sites is 1. The molecule has 138 valence electrons. The smallest absolute Gasteiger partial charge is 0.233 e. The van der Waals surface area contributed by atoms with Gasteiger partial charge in [-0.1, -0.05) is 36.4 Å². The molecule has 4 rings (SSSR count). The highest BCUT2D eigenvalue weighted by Gasteiger charge is 2.27. The van der Waals surface area contributed by atoms with Gasteiger partial charge in [0.1, 0.15) is 0 Å². The van der Waals surface area contributed by atoms with E-state index in [0.717, 1.165) is 55.7 Å². The number of carbonyl (C=O) groups is 1. The summed E-state index contributed by atoms with van der Waals surface area (Å²) < 4.78 is 7.53. The molecule has 1 amide bonds. The third-order valence-electron chi connectivity index (χ3n) is 4.66. The van der Waals surface area contributed by atoms with Gasteiger partial charge < -0.3 is 15.0 Å². The average molecular weight is 373 g/mol. The summed E-state index contributed by atoms with van der Waals surface area (Å²) in [5, 5.41) is 12.5. The molecular weight excluding hydrogens is 350 g/mol. The fraction of sp³-hybridized carbons (Fsp3) is 0.500. The molecule has 26 heavy (non-hydrogen) atoms. The minimum absolute atomic E-state index is 0.100. The van der Waals surface area contributed by atoms with Crippen molar-refractivity contribution < 1.29 is 9.53 Å². The van der Waals surface area contributed by atoms with Crippen LogP contribution in [0.3, 0.4) is 0 Å². The first-order valence-corrected chi connectivity index (χ1v) is 9.99. The topological polar surface area (TPSA) is 72.3 Å². The van der Waals surface area contributed by atoms with Gasteiger partial charge in [-0.05, 0) is 25.0 Å². The Bertz CT molecular complexity index is 745. The van der Waals surface area contributed by atoms with E-state index in [2.05, 4.69) is 25.0 Å². The fourth-order valence-corrected chi connectivity index (χ4v) is 4.37. The Kier molecular flexibility index (Phi) is 5.40. The van der Waals surface area contributed by atoms with Gasteiger partial charge in [0.15, 0.2) is 5.16 Å². The Morgan fingerprint density at radius 2 is 1.92 bits per heavy atom. The molecule has 1 atom stereocenters. The van der Waals surface area contributed by atoms with Crippen molar-refractivity contribution in [2.24, 2.45) is 0 Å². The number of benzene rings is 1. The Morgan fingerprint density at radius 1 is 1.12 bits per heavy atom. The number of ether oxygens (including phenoxy) is 1. The van der Waals surface area contributed by atoms with E-state index in [1.807, 2.05) is 30.3 Å². The highest BCUT2D eigenvalue weighted by molar-refractivity contribution is 8.00. The van der Waals surface area contributed by atoms with Crippen molar-refractivity contribution in [1.29, 1.82) is 0 Å². The maximum atomic E-state index is 12.4. The van der Waals surface area contributed by atoms with Crippen molar-refractivity contribution in [1.82, 2.24) is 20.1 Å². The molecule has 3 heterocycles. The van der Waals surface area contributed by atoms with Crippen LogP contribution in [0.1, 0.15) is 19.3 Å². The molecule has 2 aliphatic rings. The van der Waals surface area contributed by atoms with Crippen LogP contribution in [0.25, 0.3) is 5.69 Å². The third kappa shape index (κ3) is 3.71. The molecule has 7 nitrogen and oxygen atoms in total. The number of thioether (sulfide) groups is 1. The monoisotopic (exact) mass is 373 g/mol. The van der Waals surface area contributed by atoms with Crippen molar-refractivity contribution in [3.8, 4) is 5.69 Å². The Balaban J connectivity index is 1.67. The number of aromatic nitrogens is 3. The predicted octanol–water partition coefficient (Wildman–Crippen LogP) is 1.86. The number of morpholine rings is 1. The summed E-state index contributed by atoms with van der Waals surface area (Å²) in [6.45, 7) is 3.73. The number of amides is 1. The fourth-order valence-electron chi connectivity index (χ4n) is 3.26. The first-order chi connectivity index (χ1) is 12.8. The lowest BCUT2D eigenvalue weighted by Crippen LogP contribution is -2.38. The van der Waals surface area contributed by atoms with Gasteiger partial charge in [-0.25, -0.2) is 0 Å². The van der Waals surface area contributed by atoms with Crippen LogP contribution < -0.4 is 10.2 Å². The number of anilines is 1. The number of hydrogen-bond acceptors (Lipinski definition) is 6. The van der Waals surface area contributed by atoms with Crippen molar-refractivity contribution in [2.75, 3.05) is 37.7 Å². The number of nitrogens with zero attached hydrogens (tertiary/aromatic N) is 4. The minimum atomic E-state index is -0.123. The van der Waals surface area contributed by atoms with E-state index in [9.17, 15) is 4.79 Å². The lowest BCUT2D eigenvalue weighted by atomic mass is 10.2. The van der Waals surface area contributed by atoms with E-state index >= 15 is 0 Å². The summed E-state index contributed by atoms with van der Waals surface area (Å²) in [6.07, 6.45) is 2.95. The summed E-state index contributed by atoms with van der Waals surface area (Å²) in [4.78, 5) is 14.6. The molecule has 8 heteroatoms. The van der Waals surface area contributed by atoms with Gasteiger partial charge >= 0.3 is 0 Å². The summed E-state index contributed by atoms with van der Waals surface area (Å²) in [7, 11) is 0. The number of nitrogens with one attached hydrogen (secondary N) is 1. The zero-order valence-electron chi connectivity index (χ0n) is 14.6. The third-order valence-corrected chi connectivity index (χ3v) is 5.87. The van der Waals surface area contributed by atoms with E-state index in [1.54, 1.807) is 0 Å². The predicted molar refractivity (Wildman–Crippen MR) is 101 cm³/mol. The molecule has 0 aliphatic carbocycles. The van der Waals surface area contributed by atoms with E-state index in [4.69, 9.17) is 4.74 Å². The van der Waals surface area contributed by atoms with Crippen molar-refractivity contribution >= 4 is 23.6 Å². The second-order valence-corrected chi connectivity index (χ2v) is 7.62. The van der Waals surface area contributed by atoms with Crippen LogP contribution in [-0.2, 0) is 9.53 Å². The first-order valence-electron chi connectivity index (χ1n) is 9.11. The van der Waals surface area contributed by atoms with Crippen LogP contribution in [0, 0.1) is 0 Å². The van der Waals surface area contributed by atoms with Gasteiger partial charge in [0.2, 0.25) is 11.9 Å². The average Bonchev–Trinajstić information content (AvgIpc) is 3.00. The molecule has 0 saturated carbocycles. The Hall–Kier alpha value is -2.06. The molecule has 1 N–H and O–H groups in total. The molecular formula is C18H23N5O2S. The van der Waals surface area contributed by atoms with Crippen LogP contribution in [0.4, 0.5) is 5.95 Å². The number of hydrogen-bond donors (Lipinski definition) is 1. The highest BCUT2D eigenvalue weighted by atomic mass is 32.2. The number of rotatable bonds is 4. The molecule has 2 fully saturated rings. The van der Waals surface area contributed by atoms with Crippen molar-refractivity contribution in [3.05, 3.63) is 30.3 Å². The molecule has 2 aliphatic heterocycles. The molecule has 2 aromatic rings. The van der Waals surface area contributed by atoms with Gasteiger partial charge in [-0.15, -0.1) is 10.2 Å². The summed E-state index contributed by atoms with van der Waals surface area (Å²) in [6, 6.07) is 10.1. The molecule has 1 aromatic carbocycles. The molecule has 1 unspecified atom stereocenters. The zero-order chi connectivity index (χ0) is 17.8. The maximum Gasteiger partial charge on any atom is 0.233 e. The quantitative estimate of drug-likeness (QED) is 0.882. The second kappa shape index (κ2) is 8.09. The van der Waals surface area contributed by atoms with Crippen LogP contribution in [-0.4, -0.2) is 58.8 Å². The van der Waals surface area contributed by atoms with E-state index in [-0.39, 0.29) is 11.2 Å². The van der Waals surface area contributed by atoms with Crippen molar-refractivity contribution in [2.45, 2.75) is 29.7 Å². The lowest BCUT2D eigenvalue weighted by Gasteiger charge is -2.28. The van der Waals surface area contributed by atoms with Gasteiger partial charge in [0, 0.05) is 19.6 Å². The molecule has 0 radical (unpaired) electrons. The highest BCUT2D eigenvalue weighted by Crippen LogP contribution is 2.32. The first kappa shape index (κ1) is 17.4. The van der Waals surface area contributed by atoms with Gasteiger partial charge in [-0.2, -0.15) is 0 Å². The van der Waals surface area contributed by atoms with Crippen LogP contribution >= 0.6 is 11.8 Å². The Morgan fingerprint density at radius 3 is 2.73 bits per heavy atom. The number of carbonyl (C=O) groups excluding carboxylic acids is 1. The van der Waals surface area contributed by atoms with Crippen molar-refractivity contribution in [3.63, 3.8) is 0 Å². The van der Waals surface area contributed by atoms with E-state index in [0.29, 0.717) is 13.2 Å². The van der Waals surface area contributed by atoms with Gasteiger partial charge in [-0.3, -0.25) is 9.36 Å². The molecule has 1 aromatic heterocycles. The standard InChI is InChI=1S/C18H23N5O2S/c24-16-15(8-4-5-9-19-16)26-18-21-20-17(22-10-12-25-13-11-22)23(18)14-6-2-1-3-7-14/h1-3,6-7,15H,4-5,8-13H2,(H,19,24). The second-order valence-electron chi connectivity index (χ2n) is 6.45. The van der Waals surface area contributed by atoms with E-state index < -0.39 is 0 Å². The Labute approximate surface area is 157 Å². The van der Waals surface area contributed by atoms with Crippen LogP contribution in [0.15, 0.2) is 35.5 Å². The molecule has 2 saturated heterocycles. The largest absolute Gasteiger partial charge is 0.378 e. The molecule has 0 spiro atoms. The van der Waals surface area contributed by atoms with Gasteiger partial charge in [0.05, 0.1) is 24.2 Å². The zero-order valence-corrected chi connectivity index (χ0v) is 15.5. The van der Waals surface area contributed by atoms with Crippen LogP contribution in [0.2, 0.25) is 0 Å².